The lowest BCUT2D eigenvalue weighted by Gasteiger charge is -2.28. The van der Waals surface area contributed by atoms with Crippen molar-refractivity contribution >= 4 is 23.1 Å². The number of thiocarbonyl (C=S) groups is 1. The molecular formula is C14H20N2O3S. The number of carbonyl (C=O) groups excluding carboxylic acids is 1. The Hall–Kier alpha value is -1.82. The van der Waals surface area contributed by atoms with Gasteiger partial charge in [-0.15, -0.1) is 0 Å². The summed E-state index contributed by atoms with van der Waals surface area (Å²) >= 11 is 5.01. The molecule has 110 valence electrons. The Morgan fingerprint density at radius 1 is 1.30 bits per heavy atom. The molecule has 0 heterocycles. The van der Waals surface area contributed by atoms with E-state index in [0.29, 0.717) is 23.5 Å². The van der Waals surface area contributed by atoms with Crippen LogP contribution in [0.3, 0.4) is 0 Å². The number of nitrogens with one attached hydrogen (secondary N) is 1. The van der Waals surface area contributed by atoms with Crippen LogP contribution in [0.2, 0.25) is 0 Å². The number of methoxy groups -OCH3 is 2. The normalized spacial score (nSPS) is 13.2. The van der Waals surface area contributed by atoms with Crippen LogP contribution in [0.4, 0.5) is 0 Å². The molecule has 1 aromatic carbocycles. The number of rotatable bonds is 6. The highest BCUT2D eigenvalue weighted by molar-refractivity contribution is 7.80. The van der Waals surface area contributed by atoms with E-state index in [4.69, 9.17) is 27.4 Å². The smallest absolute Gasteiger partial charge is 0.252 e. The molecule has 0 saturated carbocycles. The number of hydrogen-bond donors (Lipinski definition) is 2. The Kier molecular flexibility index (Phi) is 5.33. The lowest BCUT2D eigenvalue weighted by Crippen LogP contribution is -2.54. The number of amides is 1. The van der Waals surface area contributed by atoms with E-state index < -0.39 is 5.54 Å². The van der Waals surface area contributed by atoms with Crippen molar-refractivity contribution in [3.63, 3.8) is 0 Å². The topological polar surface area (TPSA) is 73.6 Å². The highest BCUT2D eigenvalue weighted by Gasteiger charge is 2.28. The van der Waals surface area contributed by atoms with Crippen LogP contribution in [-0.2, 0) is 0 Å². The average molecular weight is 296 g/mol. The average Bonchev–Trinajstić information content (AvgIpc) is 2.45. The number of carbonyl (C=O) groups is 1. The molecule has 5 nitrogen and oxygen atoms in total. The Labute approximate surface area is 124 Å². The number of nitrogens with two attached hydrogens (primary N) is 1. The maximum Gasteiger partial charge on any atom is 0.252 e. The second-order valence-corrected chi connectivity index (χ2v) is 5.05. The minimum absolute atomic E-state index is 0.253. The molecule has 6 heteroatoms. The molecule has 0 aliphatic heterocycles. The predicted molar refractivity (Wildman–Crippen MR) is 82.5 cm³/mol. The Morgan fingerprint density at radius 2 is 1.80 bits per heavy atom. The van der Waals surface area contributed by atoms with Crippen molar-refractivity contribution in [3.05, 3.63) is 23.8 Å². The minimum Gasteiger partial charge on any atom is -0.497 e. The maximum absolute atomic E-state index is 12.3. The van der Waals surface area contributed by atoms with E-state index in [0.717, 1.165) is 0 Å². The summed E-state index contributed by atoms with van der Waals surface area (Å²) in [6.07, 6.45) is 0.606. The molecule has 3 N–H and O–H groups in total. The first-order valence-corrected chi connectivity index (χ1v) is 6.62. The second kappa shape index (κ2) is 6.56. The summed E-state index contributed by atoms with van der Waals surface area (Å²) in [5.74, 6) is 0.811. The van der Waals surface area contributed by atoms with Crippen LogP contribution in [0.15, 0.2) is 18.2 Å². The van der Waals surface area contributed by atoms with Crippen molar-refractivity contribution in [2.75, 3.05) is 14.2 Å². The summed E-state index contributed by atoms with van der Waals surface area (Å²) in [6, 6.07) is 4.96. The van der Waals surface area contributed by atoms with E-state index in [2.05, 4.69) is 5.32 Å². The fourth-order valence-electron chi connectivity index (χ4n) is 1.59. The molecule has 0 fully saturated rings. The molecule has 0 saturated heterocycles. The zero-order valence-corrected chi connectivity index (χ0v) is 13.0. The number of ether oxygens (including phenoxy) is 2. The van der Waals surface area contributed by atoms with Crippen LogP contribution in [0.5, 0.6) is 11.5 Å². The van der Waals surface area contributed by atoms with E-state index in [1.54, 1.807) is 25.1 Å². The van der Waals surface area contributed by atoms with E-state index in [9.17, 15) is 4.79 Å². The molecule has 0 radical (unpaired) electrons. The fourth-order valence-corrected chi connectivity index (χ4v) is 1.78. The van der Waals surface area contributed by atoms with Gasteiger partial charge in [-0.05, 0) is 25.5 Å². The summed E-state index contributed by atoms with van der Waals surface area (Å²) < 4.78 is 10.3. The van der Waals surface area contributed by atoms with Gasteiger partial charge in [0.2, 0.25) is 0 Å². The first-order valence-electron chi connectivity index (χ1n) is 6.21. The lowest BCUT2D eigenvalue weighted by atomic mass is 9.98. The minimum atomic E-state index is -0.720. The van der Waals surface area contributed by atoms with Crippen LogP contribution < -0.4 is 20.5 Å². The summed E-state index contributed by atoms with van der Waals surface area (Å²) in [5.41, 5.74) is 5.40. The molecular weight excluding hydrogens is 276 g/mol. The Bertz CT molecular complexity index is 497. The van der Waals surface area contributed by atoms with Gasteiger partial charge in [-0.2, -0.15) is 0 Å². The standard InChI is InChI=1S/C14H20N2O3S/c1-5-14(2,13(15)20)16-12(17)9-6-10(18-3)8-11(7-9)19-4/h6-8H,5H2,1-4H3,(H2,15,20)(H,16,17). The molecule has 0 bridgehead atoms. The van der Waals surface area contributed by atoms with Crippen LogP contribution in [-0.4, -0.2) is 30.7 Å². The van der Waals surface area contributed by atoms with Crippen molar-refractivity contribution in [1.29, 1.82) is 0 Å². The van der Waals surface area contributed by atoms with Crippen LogP contribution in [0.25, 0.3) is 0 Å². The van der Waals surface area contributed by atoms with Gasteiger partial charge in [0.1, 0.15) is 11.5 Å². The van der Waals surface area contributed by atoms with Crippen molar-refractivity contribution in [2.45, 2.75) is 25.8 Å². The van der Waals surface area contributed by atoms with Crippen LogP contribution >= 0.6 is 12.2 Å². The third-order valence-corrected chi connectivity index (χ3v) is 3.70. The third-order valence-electron chi connectivity index (χ3n) is 3.25. The largest absolute Gasteiger partial charge is 0.497 e. The Morgan fingerprint density at radius 3 is 2.15 bits per heavy atom. The molecule has 20 heavy (non-hydrogen) atoms. The summed E-state index contributed by atoms with van der Waals surface area (Å²) in [6.45, 7) is 3.70. The molecule has 0 spiro atoms. The van der Waals surface area contributed by atoms with Gasteiger partial charge in [-0.25, -0.2) is 0 Å². The van der Waals surface area contributed by atoms with Gasteiger partial charge in [-0.1, -0.05) is 19.1 Å². The molecule has 1 amide bonds. The molecule has 1 unspecified atom stereocenters. The quantitative estimate of drug-likeness (QED) is 0.784. The van der Waals surface area contributed by atoms with Gasteiger partial charge in [0.15, 0.2) is 0 Å². The molecule has 1 rings (SSSR count). The van der Waals surface area contributed by atoms with Crippen LogP contribution in [0, 0.1) is 0 Å². The van der Waals surface area contributed by atoms with Gasteiger partial charge >= 0.3 is 0 Å². The summed E-state index contributed by atoms with van der Waals surface area (Å²) in [5, 5.41) is 2.85. The van der Waals surface area contributed by atoms with Gasteiger partial charge in [0.05, 0.1) is 24.7 Å². The van der Waals surface area contributed by atoms with Gasteiger partial charge < -0.3 is 20.5 Å². The van der Waals surface area contributed by atoms with E-state index in [1.807, 2.05) is 6.92 Å². The highest BCUT2D eigenvalue weighted by Crippen LogP contribution is 2.23. The lowest BCUT2D eigenvalue weighted by molar-refractivity contribution is 0.0926. The van der Waals surface area contributed by atoms with Crippen LogP contribution in [0.1, 0.15) is 30.6 Å². The van der Waals surface area contributed by atoms with Crippen molar-refractivity contribution in [1.82, 2.24) is 5.32 Å². The fraction of sp³-hybridized carbons (Fsp3) is 0.429. The highest BCUT2D eigenvalue weighted by atomic mass is 32.1. The monoisotopic (exact) mass is 296 g/mol. The first kappa shape index (κ1) is 16.2. The van der Waals surface area contributed by atoms with Crippen molar-refractivity contribution < 1.29 is 14.3 Å². The predicted octanol–water partition coefficient (Wildman–Crippen LogP) is 1.89. The van der Waals surface area contributed by atoms with E-state index in [-0.39, 0.29) is 10.9 Å². The third kappa shape index (κ3) is 3.60. The van der Waals surface area contributed by atoms with Crippen molar-refractivity contribution in [3.8, 4) is 11.5 Å². The summed E-state index contributed by atoms with van der Waals surface area (Å²) in [4.78, 5) is 12.6. The van der Waals surface area contributed by atoms with E-state index >= 15 is 0 Å². The van der Waals surface area contributed by atoms with Gasteiger partial charge in [0, 0.05) is 11.6 Å². The Balaban J connectivity index is 3.06. The summed E-state index contributed by atoms with van der Waals surface area (Å²) in [7, 11) is 3.06. The molecule has 0 aliphatic carbocycles. The zero-order valence-electron chi connectivity index (χ0n) is 12.1. The number of hydrogen-bond acceptors (Lipinski definition) is 4. The molecule has 0 aromatic heterocycles. The molecule has 1 atom stereocenters. The molecule has 0 aliphatic rings. The van der Waals surface area contributed by atoms with E-state index in [1.165, 1.54) is 14.2 Å². The number of benzene rings is 1. The second-order valence-electron chi connectivity index (χ2n) is 4.61. The van der Waals surface area contributed by atoms with Gasteiger partial charge in [-0.3, -0.25) is 4.79 Å². The first-order chi connectivity index (χ1) is 9.36. The van der Waals surface area contributed by atoms with Gasteiger partial charge in [0.25, 0.3) is 5.91 Å². The van der Waals surface area contributed by atoms with Crippen molar-refractivity contribution in [2.24, 2.45) is 5.73 Å². The SMILES string of the molecule is CCC(C)(NC(=O)c1cc(OC)cc(OC)c1)C(N)=S. The molecule has 1 aromatic rings. The zero-order chi connectivity index (χ0) is 15.3. The maximum atomic E-state index is 12.3.